The smallest absolute Gasteiger partial charge is 0.256 e. The summed E-state index contributed by atoms with van der Waals surface area (Å²) >= 11 is 3.35. The Morgan fingerprint density at radius 1 is 1.35 bits per heavy atom. The highest BCUT2D eigenvalue weighted by Crippen LogP contribution is 2.31. The van der Waals surface area contributed by atoms with Crippen molar-refractivity contribution in [3.63, 3.8) is 0 Å². The van der Waals surface area contributed by atoms with Gasteiger partial charge in [0.15, 0.2) is 6.61 Å². The first-order valence-corrected chi connectivity index (χ1v) is 7.51. The van der Waals surface area contributed by atoms with Crippen LogP contribution < -0.4 is 10.3 Å². The summed E-state index contributed by atoms with van der Waals surface area (Å²) in [5.74, 6) is 0.469. The van der Waals surface area contributed by atoms with Crippen LogP contribution in [0, 0.1) is 18.3 Å². The molecule has 2 rings (SSSR count). The van der Waals surface area contributed by atoms with Gasteiger partial charge < -0.3 is 9.30 Å². The van der Waals surface area contributed by atoms with Crippen LogP contribution in [0.15, 0.2) is 39.6 Å². The van der Waals surface area contributed by atoms with E-state index in [4.69, 9.17) is 10.00 Å². The Labute approximate surface area is 140 Å². The van der Waals surface area contributed by atoms with E-state index in [1.165, 1.54) is 0 Å². The molecule has 0 unspecified atom stereocenters. The van der Waals surface area contributed by atoms with Crippen LogP contribution in [0.25, 0.3) is 11.3 Å². The normalized spacial score (nSPS) is 10.6. The Morgan fingerprint density at radius 2 is 2.09 bits per heavy atom. The molecule has 1 aromatic heterocycles. The molecule has 0 atom stereocenters. The number of aryl methyl sites for hydroxylation is 1. The van der Waals surface area contributed by atoms with E-state index in [1.54, 1.807) is 37.3 Å². The van der Waals surface area contributed by atoms with Gasteiger partial charge in [-0.05, 0) is 47.1 Å². The van der Waals surface area contributed by atoms with E-state index in [1.807, 2.05) is 6.07 Å². The highest BCUT2D eigenvalue weighted by Gasteiger charge is 2.15. The summed E-state index contributed by atoms with van der Waals surface area (Å²) in [6.07, 6.45) is -2.63. The number of ether oxygens (including phenoxy) is 1. The van der Waals surface area contributed by atoms with Gasteiger partial charge in [0.1, 0.15) is 11.8 Å². The average Bonchev–Trinajstić information content (AvgIpc) is 2.50. The largest absolute Gasteiger partial charge is 0.479 e. The molecular weight excluding hydrogens is 370 g/mol. The molecule has 0 saturated carbocycles. The first kappa shape index (κ1) is 17.2. The fourth-order valence-electron chi connectivity index (χ4n) is 2.15. The SMILES string of the molecule is Cc1ccc(-c2ccc(OCC#N)cc2Br)n(CC(F)F)c1=O. The third-order valence-corrected chi connectivity index (χ3v) is 3.86. The molecule has 0 spiro atoms. The van der Waals surface area contributed by atoms with Gasteiger partial charge in [-0.3, -0.25) is 4.79 Å². The molecule has 23 heavy (non-hydrogen) atoms. The van der Waals surface area contributed by atoms with Crippen molar-refractivity contribution < 1.29 is 13.5 Å². The van der Waals surface area contributed by atoms with E-state index in [2.05, 4.69) is 15.9 Å². The van der Waals surface area contributed by atoms with E-state index < -0.39 is 18.5 Å². The van der Waals surface area contributed by atoms with Gasteiger partial charge in [-0.25, -0.2) is 8.78 Å². The van der Waals surface area contributed by atoms with Crippen LogP contribution in [-0.2, 0) is 6.54 Å². The standard InChI is InChI=1S/C16H13BrF2N2O2/c1-10-2-5-14(21(16(10)22)9-15(18)19)12-4-3-11(8-13(12)17)23-7-6-20/h2-5,8,15H,7,9H2,1H3. The molecule has 0 aliphatic heterocycles. The number of benzene rings is 1. The molecule has 1 heterocycles. The summed E-state index contributed by atoms with van der Waals surface area (Å²) in [4.78, 5) is 12.2. The lowest BCUT2D eigenvalue weighted by molar-refractivity contribution is 0.126. The van der Waals surface area contributed by atoms with Gasteiger partial charge in [0.25, 0.3) is 12.0 Å². The van der Waals surface area contributed by atoms with Gasteiger partial charge in [0.05, 0.1) is 12.2 Å². The zero-order chi connectivity index (χ0) is 17.0. The number of aromatic nitrogens is 1. The third kappa shape index (κ3) is 3.96. The van der Waals surface area contributed by atoms with Gasteiger partial charge in [0.2, 0.25) is 0 Å². The first-order chi connectivity index (χ1) is 10.9. The molecule has 0 radical (unpaired) electrons. The fraction of sp³-hybridized carbons (Fsp3) is 0.250. The van der Waals surface area contributed by atoms with Gasteiger partial charge in [-0.1, -0.05) is 6.07 Å². The second kappa shape index (κ2) is 7.38. The number of nitriles is 1. The molecule has 120 valence electrons. The minimum atomic E-state index is -2.63. The summed E-state index contributed by atoms with van der Waals surface area (Å²) < 4.78 is 32.5. The van der Waals surface area contributed by atoms with E-state index in [-0.39, 0.29) is 6.61 Å². The number of pyridine rings is 1. The van der Waals surface area contributed by atoms with E-state index >= 15 is 0 Å². The van der Waals surface area contributed by atoms with Crippen LogP contribution in [-0.4, -0.2) is 17.6 Å². The predicted molar refractivity (Wildman–Crippen MR) is 85.7 cm³/mol. The Kier molecular flexibility index (Phi) is 5.50. The van der Waals surface area contributed by atoms with Crippen LogP contribution in [0.4, 0.5) is 8.78 Å². The van der Waals surface area contributed by atoms with Crippen LogP contribution in [0.3, 0.4) is 0 Å². The molecule has 2 aromatic rings. The van der Waals surface area contributed by atoms with Gasteiger partial charge >= 0.3 is 0 Å². The summed E-state index contributed by atoms with van der Waals surface area (Å²) in [5, 5.41) is 8.51. The number of hydrogen-bond acceptors (Lipinski definition) is 3. The van der Waals surface area contributed by atoms with Gasteiger partial charge in [-0.2, -0.15) is 5.26 Å². The molecule has 0 fully saturated rings. The van der Waals surface area contributed by atoms with Gasteiger partial charge in [-0.15, -0.1) is 0 Å². The summed E-state index contributed by atoms with van der Waals surface area (Å²) in [5.41, 5.74) is 0.936. The van der Waals surface area contributed by atoms with Gasteiger partial charge in [0, 0.05) is 15.6 Å². The maximum atomic E-state index is 12.8. The van der Waals surface area contributed by atoms with E-state index in [9.17, 15) is 13.6 Å². The number of halogens is 3. The van der Waals surface area contributed by atoms with E-state index in [0.29, 0.717) is 27.0 Å². The molecule has 0 saturated heterocycles. The molecule has 0 aliphatic carbocycles. The summed E-state index contributed by atoms with van der Waals surface area (Å²) in [6.45, 7) is 0.823. The molecule has 0 N–H and O–H groups in total. The monoisotopic (exact) mass is 382 g/mol. The van der Waals surface area contributed by atoms with Crippen LogP contribution in [0.2, 0.25) is 0 Å². The maximum Gasteiger partial charge on any atom is 0.256 e. The highest BCUT2D eigenvalue weighted by atomic mass is 79.9. The number of alkyl halides is 2. The number of nitrogens with zero attached hydrogens (tertiary/aromatic N) is 2. The molecule has 0 aliphatic rings. The molecule has 0 bridgehead atoms. The maximum absolute atomic E-state index is 12.8. The van der Waals surface area contributed by atoms with Crippen molar-refractivity contribution in [2.45, 2.75) is 19.9 Å². The second-order valence-electron chi connectivity index (χ2n) is 4.80. The Morgan fingerprint density at radius 3 is 2.70 bits per heavy atom. The molecule has 0 amide bonds. The minimum absolute atomic E-state index is 0.0909. The Hall–Kier alpha value is -2.20. The highest BCUT2D eigenvalue weighted by molar-refractivity contribution is 9.10. The van der Waals surface area contributed by atoms with Crippen LogP contribution in [0.5, 0.6) is 5.75 Å². The third-order valence-electron chi connectivity index (χ3n) is 3.20. The van der Waals surface area contributed by atoms with Crippen molar-refractivity contribution in [1.82, 2.24) is 4.57 Å². The zero-order valence-electron chi connectivity index (χ0n) is 12.2. The average molecular weight is 383 g/mol. The second-order valence-corrected chi connectivity index (χ2v) is 5.65. The molecular formula is C16H13BrF2N2O2. The molecule has 1 aromatic carbocycles. The van der Waals surface area contributed by atoms with Crippen molar-refractivity contribution in [2.75, 3.05) is 6.61 Å². The van der Waals surface area contributed by atoms with Crippen molar-refractivity contribution in [1.29, 1.82) is 5.26 Å². The van der Waals surface area contributed by atoms with E-state index in [0.717, 1.165) is 4.57 Å². The lowest BCUT2D eigenvalue weighted by Gasteiger charge is -2.15. The van der Waals surface area contributed by atoms with Crippen molar-refractivity contribution in [3.8, 4) is 23.1 Å². The minimum Gasteiger partial charge on any atom is -0.479 e. The zero-order valence-corrected chi connectivity index (χ0v) is 13.8. The lowest BCUT2D eigenvalue weighted by Crippen LogP contribution is -2.26. The topological polar surface area (TPSA) is 55.0 Å². The molecule has 4 nitrogen and oxygen atoms in total. The first-order valence-electron chi connectivity index (χ1n) is 6.72. The van der Waals surface area contributed by atoms with Crippen LogP contribution in [0.1, 0.15) is 5.56 Å². The van der Waals surface area contributed by atoms with Crippen LogP contribution >= 0.6 is 15.9 Å². The van der Waals surface area contributed by atoms with Crippen molar-refractivity contribution in [2.24, 2.45) is 0 Å². The molecule has 7 heteroatoms. The number of hydrogen-bond donors (Lipinski definition) is 0. The van der Waals surface area contributed by atoms with Crippen molar-refractivity contribution in [3.05, 3.63) is 50.7 Å². The fourth-order valence-corrected chi connectivity index (χ4v) is 2.71. The summed E-state index contributed by atoms with van der Waals surface area (Å²) in [7, 11) is 0. The lowest BCUT2D eigenvalue weighted by atomic mass is 10.1. The quantitative estimate of drug-likeness (QED) is 0.790. The Balaban J connectivity index is 2.52. The number of rotatable bonds is 5. The van der Waals surface area contributed by atoms with Crippen molar-refractivity contribution >= 4 is 15.9 Å². The predicted octanol–water partition coefficient (Wildman–Crippen LogP) is 3.75. The summed E-state index contributed by atoms with van der Waals surface area (Å²) in [6, 6.07) is 10.0. The Bertz CT molecular complexity index is 813.